The highest BCUT2D eigenvalue weighted by Crippen LogP contribution is 2.48. The zero-order valence-corrected chi connectivity index (χ0v) is 22.6. The van der Waals surface area contributed by atoms with Gasteiger partial charge in [-0.3, -0.25) is 14.5 Å². The molecule has 2 aromatic rings. The molecule has 0 radical (unpaired) electrons. The predicted molar refractivity (Wildman–Crippen MR) is 143 cm³/mol. The van der Waals surface area contributed by atoms with Gasteiger partial charge in [-0.25, -0.2) is 4.79 Å². The highest BCUT2D eigenvalue weighted by Gasteiger charge is 2.57. The minimum atomic E-state index is -0.838. The van der Waals surface area contributed by atoms with Crippen LogP contribution in [0, 0.1) is 23.2 Å². The molecule has 0 aromatic heterocycles. The number of rotatable bonds is 6. The molecule has 2 aliphatic heterocycles. The van der Waals surface area contributed by atoms with Gasteiger partial charge in [0.25, 0.3) is 5.91 Å². The number of ketones is 1. The van der Waals surface area contributed by atoms with Gasteiger partial charge in [-0.15, -0.1) is 0 Å². The number of nitriles is 1. The van der Waals surface area contributed by atoms with E-state index >= 15 is 0 Å². The van der Waals surface area contributed by atoms with Crippen molar-refractivity contribution in [2.24, 2.45) is 11.8 Å². The molecule has 7 heteroatoms. The van der Waals surface area contributed by atoms with Crippen molar-refractivity contribution in [1.29, 1.82) is 5.26 Å². The van der Waals surface area contributed by atoms with Gasteiger partial charge in [-0.2, -0.15) is 5.26 Å². The summed E-state index contributed by atoms with van der Waals surface area (Å²) in [4.78, 5) is 42.1. The Balaban J connectivity index is 1.26. The number of benzene rings is 2. The van der Waals surface area contributed by atoms with Gasteiger partial charge < -0.3 is 9.64 Å². The van der Waals surface area contributed by atoms with Crippen LogP contribution in [0.15, 0.2) is 42.5 Å². The van der Waals surface area contributed by atoms with Crippen LogP contribution in [0.5, 0.6) is 0 Å². The molecule has 2 amide bonds. The molecule has 198 valence electrons. The molecule has 2 fully saturated rings. The monoisotopic (exact) mass is 513 g/mol. The van der Waals surface area contributed by atoms with Crippen LogP contribution in [0.25, 0.3) is 11.1 Å². The first-order chi connectivity index (χ1) is 18.0. The van der Waals surface area contributed by atoms with Crippen LogP contribution in [0.4, 0.5) is 4.79 Å². The summed E-state index contributed by atoms with van der Waals surface area (Å²) in [5, 5.41) is 9.90. The number of hydrogen-bond donors (Lipinski definition) is 0. The van der Waals surface area contributed by atoms with E-state index in [1.165, 1.54) is 0 Å². The van der Waals surface area contributed by atoms with Crippen molar-refractivity contribution in [2.75, 3.05) is 13.6 Å². The van der Waals surface area contributed by atoms with Gasteiger partial charge in [0, 0.05) is 32.1 Å². The number of piperidine rings is 1. The Morgan fingerprint density at radius 1 is 1.16 bits per heavy atom. The van der Waals surface area contributed by atoms with Crippen molar-refractivity contribution in [3.63, 3.8) is 0 Å². The zero-order valence-electron chi connectivity index (χ0n) is 22.6. The Labute approximate surface area is 224 Å². The summed E-state index contributed by atoms with van der Waals surface area (Å²) in [5.74, 6) is -0.121. The lowest BCUT2D eigenvalue weighted by molar-refractivity contribution is -0.130. The number of carbonyl (C=O) groups excluding carboxylic acids is 3. The summed E-state index contributed by atoms with van der Waals surface area (Å²) in [6.07, 6.45) is 2.40. The third kappa shape index (κ3) is 4.80. The average molecular weight is 514 g/mol. The van der Waals surface area contributed by atoms with Gasteiger partial charge in [0.1, 0.15) is 11.1 Å². The fourth-order valence-electron chi connectivity index (χ4n) is 6.27. The first-order valence-electron chi connectivity index (χ1n) is 13.4. The van der Waals surface area contributed by atoms with Crippen LogP contribution >= 0.6 is 0 Å². The van der Waals surface area contributed by atoms with Crippen LogP contribution in [0.3, 0.4) is 0 Å². The molecular weight excluding hydrogens is 478 g/mol. The molecule has 0 unspecified atom stereocenters. The van der Waals surface area contributed by atoms with E-state index in [0.29, 0.717) is 38.3 Å². The highest BCUT2D eigenvalue weighted by molar-refractivity contribution is 5.98. The second-order valence-corrected chi connectivity index (χ2v) is 12.1. The fraction of sp³-hybridized carbons (Fsp3) is 0.484. The number of carbonyl (C=O) groups is 3. The van der Waals surface area contributed by atoms with E-state index in [2.05, 4.69) is 12.1 Å². The first-order valence-corrected chi connectivity index (χ1v) is 13.4. The van der Waals surface area contributed by atoms with E-state index in [1.54, 1.807) is 16.8 Å². The number of fused-ring (bicyclic) bond motifs is 3. The Bertz CT molecular complexity index is 1320. The fourth-order valence-corrected chi connectivity index (χ4v) is 6.27. The molecule has 1 saturated carbocycles. The smallest absolute Gasteiger partial charge is 0.411 e. The van der Waals surface area contributed by atoms with Gasteiger partial charge in [0.2, 0.25) is 0 Å². The van der Waals surface area contributed by atoms with Gasteiger partial charge >= 0.3 is 6.09 Å². The molecule has 2 heterocycles. The lowest BCUT2D eigenvalue weighted by Gasteiger charge is -2.38. The highest BCUT2D eigenvalue weighted by atomic mass is 16.6. The molecule has 2 bridgehead atoms. The third-order valence-corrected chi connectivity index (χ3v) is 8.16. The molecule has 0 N–H and O–H groups in total. The summed E-state index contributed by atoms with van der Waals surface area (Å²) in [6.45, 7) is 6.65. The molecule has 2 aromatic carbocycles. The normalized spacial score (nSPS) is 22.8. The number of Topliss-reactive ketones (excluding diaryl/α,β-unsaturated/α-hetero) is 1. The van der Waals surface area contributed by atoms with Crippen LogP contribution in [0.1, 0.15) is 67.9 Å². The minimum Gasteiger partial charge on any atom is -0.444 e. The molecule has 7 nitrogen and oxygen atoms in total. The molecular formula is C31H35N3O4. The Morgan fingerprint density at radius 2 is 1.87 bits per heavy atom. The molecule has 3 aliphatic rings. The second-order valence-electron chi connectivity index (χ2n) is 12.1. The van der Waals surface area contributed by atoms with Crippen molar-refractivity contribution < 1.29 is 19.1 Å². The Hall–Kier alpha value is -3.66. The van der Waals surface area contributed by atoms with Crippen molar-refractivity contribution in [2.45, 2.75) is 70.6 Å². The largest absolute Gasteiger partial charge is 0.444 e. The van der Waals surface area contributed by atoms with E-state index in [4.69, 9.17) is 4.74 Å². The van der Waals surface area contributed by atoms with E-state index in [9.17, 15) is 19.6 Å². The van der Waals surface area contributed by atoms with Crippen LogP contribution in [-0.4, -0.2) is 52.3 Å². The molecule has 0 spiro atoms. The van der Waals surface area contributed by atoms with Crippen LogP contribution in [0.2, 0.25) is 0 Å². The lowest BCUT2D eigenvalue weighted by Crippen LogP contribution is -2.54. The minimum absolute atomic E-state index is 0.0239. The first kappa shape index (κ1) is 26.0. The average Bonchev–Trinajstić information content (AvgIpc) is 3.55. The van der Waals surface area contributed by atoms with Crippen LogP contribution in [-0.2, 0) is 22.5 Å². The molecule has 1 aliphatic carbocycles. The third-order valence-electron chi connectivity index (χ3n) is 8.16. The number of amides is 2. The quantitative estimate of drug-likeness (QED) is 0.518. The summed E-state index contributed by atoms with van der Waals surface area (Å²) in [5.41, 5.74) is 3.40. The Kier molecular flexibility index (Phi) is 6.54. The summed E-state index contributed by atoms with van der Waals surface area (Å²) in [7, 11) is 1.81. The van der Waals surface area contributed by atoms with Gasteiger partial charge in [0.05, 0.1) is 12.0 Å². The SMILES string of the molecule is CN1Cc2cc(-c3ccc(C[C@@H](C#N)CC(=O)[C@@]45CC[C@H](CN4C(=O)OC(C)(C)C)C5)cc3)ccc2C1=O. The standard InChI is InChI=1S/C31H35N3O4/c1-30(2,3)38-29(37)34-18-21-11-12-31(34,16-21)27(35)14-22(17-32)13-20-5-7-23(8-6-20)24-9-10-26-25(15-24)19-33(4)28(26)36/h5-10,15,21-22H,11-14,16,18-19H2,1-4H3/t21-,22+,31-/m0/s1. The van der Waals surface area contributed by atoms with Gasteiger partial charge in [-0.05, 0) is 86.8 Å². The molecule has 1 saturated heterocycles. The van der Waals surface area contributed by atoms with Crippen LogP contribution < -0.4 is 0 Å². The maximum absolute atomic E-state index is 13.6. The van der Waals surface area contributed by atoms with E-state index < -0.39 is 23.2 Å². The maximum atomic E-state index is 13.6. The van der Waals surface area contributed by atoms with Crippen molar-refractivity contribution >= 4 is 17.8 Å². The van der Waals surface area contributed by atoms with Crippen molar-refractivity contribution in [3.05, 3.63) is 59.2 Å². The van der Waals surface area contributed by atoms with E-state index in [1.807, 2.05) is 57.2 Å². The summed E-state index contributed by atoms with van der Waals surface area (Å²) < 4.78 is 5.61. The summed E-state index contributed by atoms with van der Waals surface area (Å²) in [6, 6.07) is 16.3. The number of ether oxygens (including phenoxy) is 1. The maximum Gasteiger partial charge on any atom is 0.411 e. The lowest BCUT2D eigenvalue weighted by atomic mass is 9.84. The number of hydrogen-bond acceptors (Lipinski definition) is 5. The Morgan fingerprint density at radius 3 is 2.53 bits per heavy atom. The molecule has 3 atom stereocenters. The topological polar surface area (TPSA) is 90.7 Å². The van der Waals surface area contributed by atoms with Gasteiger partial charge in [0.15, 0.2) is 5.78 Å². The number of nitrogens with zero attached hydrogens (tertiary/aromatic N) is 3. The zero-order chi connectivity index (χ0) is 27.2. The van der Waals surface area contributed by atoms with E-state index in [0.717, 1.165) is 34.2 Å². The molecule has 5 rings (SSSR count). The van der Waals surface area contributed by atoms with Crippen molar-refractivity contribution in [3.8, 4) is 17.2 Å². The van der Waals surface area contributed by atoms with E-state index in [-0.39, 0.29) is 18.1 Å². The van der Waals surface area contributed by atoms with Gasteiger partial charge in [-0.1, -0.05) is 30.3 Å². The molecule has 38 heavy (non-hydrogen) atoms. The predicted octanol–water partition coefficient (Wildman–Crippen LogP) is 5.37. The second kappa shape index (κ2) is 9.58. The van der Waals surface area contributed by atoms with Crippen molar-refractivity contribution in [1.82, 2.24) is 9.80 Å². The number of likely N-dealkylation sites (tertiary alicyclic amines) is 1. The summed E-state index contributed by atoms with van der Waals surface area (Å²) >= 11 is 0.